The van der Waals surface area contributed by atoms with Crippen LogP contribution in [-0.4, -0.2) is 87.7 Å². The maximum absolute atomic E-state index is 14.0. The minimum Gasteiger partial charge on any atom is -0.340 e. The second kappa shape index (κ2) is 15.7. The van der Waals surface area contributed by atoms with E-state index >= 15 is 0 Å². The molecule has 14 heteroatoms. The summed E-state index contributed by atoms with van der Waals surface area (Å²) in [7, 11) is 9.01. The number of carbonyl (C=O) groups is 2. The lowest BCUT2D eigenvalue weighted by molar-refractivity contribution is -0.869. The lowest BCUT2D eigenvalue weighted by Gasteiger charge is -2.28. The van der Waals surface area contributed by atoms with Crippen molar-refractivity contribution in [1.29, 1.82) is 5.26 Å². The topological polar surface area (TPSA) is 118 Å². The summed E-state index contributed by atoms with van der Waals surface area (Å²) in [5.41, 5.74) is -1.15. The largest absolute Gasteiger partial charge is 0.416 e. The van der Waals surface area contributed by atoms with E-state index in [1.807, 2.05) is 63.6 Å². The number of hydrogen-bond donors (Lipinski definition) is 1. The van der Waals surface area contributed by atoms with Crippen LogP contribution >= 0.6 is 0 Å². The zero-order valence-corrected chi connectivity index (χ0v) is 29.2. The minimum atomic E-state index is -4.67. The van der Waals surface area contributed by atoms with Gasteiger partial charge in [-0.25, -0.2) is 9.36 Å². The number of alkyl halides is 3. The van der Waals surface area contributed by atoms with E-state index in [1.165, 1.54) is 46.6 Å². The number of hydrogen-bond acceptors (Lipinski definition) is 5. The third-order valence-electron chi connectivity index (χ3n) is 7.91. The average Bonchev–Trinajstić information content (AvgIpc) is 3.68. The average molecular weight is 702 g/mol. The molecule has 0 aliphatic carbocycles. The molecule has 0 saturated carbocycles. The molecule has 3 aromatic carbocycles. The molecule has 0 spiro atoms. The Labute approximate surface area is 293 Å². The molecule has 0 fully saturated rings. The van der Waals surface area contributed by atoms with Crippen molar-refractivity contribution in [3.63, 3.8) is 0 Å². The van der Waals surface area contributed by atoms with Gasteiger partial charge in [0.25, 0.3) is 11.5 Å². The molecule has 266 valence electrons. The molecule has 0 bridgehead atoms. The smallest absolute Gasteiger partial charge is 0.340 e. The van der Waals surface area contributed by atoms with Gasteiger partial charge in [-0.3, -0.25) is 19.1 Å². The fourth-order valence-corrected chi connectivity index (χ4v) is 5.18. The van der Waals surface area contributed by atoms with E-state index in [0.29, 0.717) is 28.8 Å². The predicted molar refractivity (Wildman–Crippen MR) is 187 cm³/mol. The molecule has 1 N–H and O–H groups in total. The first kappa shape index (κ1) is 37.9. The molecular formula is C37H40F3N8O3+. The molecule has 2 heterocycles. The summed E-state index contributed by atoms with van der Waals surface area (Å²) < 4.78 is 45.1. The van der Waals surface area contributed by atoms with Gasteiger partial charge in [-0.05, 0) is 55.5 Å². The van der Waals surface area contributed by atoms with Crippen molar-refractivity contribution in [2.75, 3.05) is 41.3 Å². The second-order valence-corrected chi connectivity index (χ2v) is 12.8. The molecular weight excluding hydrogens is 661 g/mol. The SMILES string of the molecule is CC(NC(=O)c1c(-c2ccnn2-c2ccc(C#N)cc2)n(C)n(-c2cccc(C(F)(F)F)c2)c1=O)C(=O)N(C)CC[N+](C)(C)C.c1ccccc1. The highest BCUT2D eigenvalue weighted by molar-refractivity contribution is 6.02. The Morgan fingerprint density at radius 3 is 2.12 bits per heavy atom. The number of amides is 2. The number of aromatic nitrogens is 4. The number of rotatable bonds is 9. The van der Waals surface area contributed by atoms with Crippen LogP contribution in [0.2, 0.25) is 0 Å². The third-order valence-corrected chi connectivity index (χ3v) is 7.91. The van der Waals surface area contributed by atoms with E-state index in [4.69, 9.17) is 0 Å². The molecule has 1 atom stereocenters. The van der Waals surface area contributed by atoms with Gasteiger partial charge in [0.1, 0.15) is 17.3 Å². The molecule has 5 rings (SSSR count). The first-order valence-corrected chi connectivity index (χ1v) is 15.9. The van der Waals surface area contributed by atoms with E-state index in [0.717, 1.165) is 16.8 Å². The van der Waals surface area contributed by atoms with Crippen LogP contribution in [0.5, 0.6) is 0 Å². The maximum atomic E-state index is 14.0. The van der Waals surface area contributed by atoms with Crippen molar-refractivity contribution in [2.45, 2.75) is 19.1 Å². The van der Waals surface area contributed by atoms with Crippen molar-refractivity contribution in [3.05, 3.63) is 124 Å². The van der Waals surface area contributed by atoms with Crippen LogP contribution in [0.1, 0.15) is 28.4 Å². The number of nitrogens with one attached hydrogen (secondary N) is 1. The monoisotopic (exact) mass is 701 g/mol. The Bertz CT molecular complexity index is 2040. The highest BCUT2D eigenvalue weighted by Gasteiger charge is 2.33. The van der Waals surface area contributed by atoms with Crippen molar-refractivity contribution in [3.8, 4) is 28.8 Å². The Morgan fingerprint density at radius 2 is 1.57 bits per heavy atom. The predicted octanol–water partition coefficient (Wildman–Crippen LogP) is 4.89. The molecule has 0 saturated heterocycles. The Morgan fingerprint density at radius 1 is 0.961 bits per heavy atom. The van der Waals surface area contributed by atoms with Crippen LogP contribution < -0.4 is 10.9 Å². The third kappa shape index (κ3) is 9.20. The van der Waals surface area contributed by atoms with Gasteiger partial charge in [-0.2, -0.15) is 23.5 Å². The van der Waals surface area contributed by atoms with E-state index in [2.05, 4.69) is 10.4 Å². The number of carbonyl (C=O) groups excluding carboxylic acids is 2. The van der Waals surface area contributed by atoms with E-state index < -0.39 is 29.2 Å². The number of nitriles is 1. The standard InChI is InChI=1S/C31H33F3N8O3.C6H6/c1-20(29(44)38(2)16-17-42(4,5)6)37-28(43)26-27(25-14-15-36-40(25)23-12-10-21(19-35)11-13-23)39(3)41(30(26)45)24-9-7-8-22(18-24)31(32,33)34;1-2-4-6-5-3-1/h7-15,18,20H,16-17H2,1-6H3;1-6H/p+1. The number of benzene rings is 3. The first-order valence-electron chi connectivity index (χ1n) is 15.9. The van der Waals surface area contributed by atoms with Gasteiger partial charge in [-0.1, -0.05) is 42.5 Å². The summed E-state index contributed by atoms with van der Waals surface area (Å²) in [4.78, 5) is 42.4. The van der Waals surface area contributed by atoms with E-state index in [1.54, 1.807) is 37.4 Å². The van der Waals surface area contributed by atoms with Crippen molar-refractivity contribution in [1.82, 2.24) is 29.4 Å². The lowest BCUT2D eigenvalue weighted by Crippen LogP contribution is -2.49. The Hall–Kier alpha value is -5.94. The van der Waals surface area contributed by atoms with Crippen LogP contribution in [0.4, 0.5) is 13.2 Å². The lowest BCUT2D eigenvalue weighted by atomic mass is 10.1. The Balaban J connectivity index is 0.000000878. The summed E-state index contributed by atoms with van der Waals surface area (Å²) in [5, 5.41) is 16.1. The van der Waals surface area contributed by atoms with Gasteiger partial charge in [0, 0.05) is 14.1 Å². The molecule has 1 unspecified atom stereocenters. The molecule has 0 aliphatic heterocycles. The van der Waals surface area contributed by atoms with Gasteiger partial charge < -0.3 is 14.7 Å². The van der Waals surface area contributed by atoms with Gasteiger partial charge in [0.05, 0.1) is 74.7 Å². The molecule has 0 aliphatic rings. The van der Waals surface area contributed by atoms with E-state index in [9.17, 15) is 32.8 Å². The normalized spacial score (nSPS) is 11.9. The van der Waals surface area contributed by atoms with Crippen molar-refractivity contribution in [2.24, 2.45) is 7.05 Å². The van der Waals surface area contributed by atoms with Crippen LogP contribution in [0, 0.1) is 11.3 Å². The summed E-state index contributed by atoms with van der Waals surface area (Å²) in [6, 6.07) is 25.2. The zero-order valence-electron chi connectivity index (χ0n) is 29.2. The fraction of sp³-hybridized carbons (Fsp3) is 0.270. The highest BCUT2D eigenvalue weighted by atomic mass is 19.4. The van der Waals surface area contributed by atoms with Gasteiger partial charge in [-0.15, -0.1) is 0 Å². The zero-order chi connectivity index (χ0) is 37.5. The summed E-state index contributed by atoms with van der Waals surface area (Å²) >= 11 is 0. The van der Waals surface area contributed by atoms with Crippen LogP contribution in [0.25, 0.3) is 22.8 Å². The van der Waals surface area contributed by atoms with Crippen LogP contribution in [-0.2, 0) is 18.0 Å². The van der Waals surface area contributed by atoms with Gasteiger partial charge >= 0.3 is 6.18 Å². The summed E-state index contributed by atoms with van der Waals surface area (Å²) in [6.45, 7) is 2.58. The van der Waals surface area contributed by atoms with Gasteiger partial charge in [0.2, 0.25) is 5.91 Å². The van der Waals surface area contributed by atoms with Crippen molar-refractivity contribution < 1.29 is 27.2 Å². The van der Waals surface area contributed by atoms with Crippen LogP contribution in [0.3, 0.4) is 0 Å². The molecule has 51 heavy (non-hydrogen) atoms. The number of likely N-dealkylation sites (N-methyl/N-ethyl adjacent to an activating group) is 2. The summed E-state index contributed by atoms with van der Waals surface area (Å²) in [6.07, 6.45) is -3.23. The Kier molecular flexibility index (Phi) is 11.7. The van der Waals surface area contributed by atoms with Gasteiger partial charge in [0.15, 0.2) is 0 Å². The summed E-state index contributed by atoms with van der Waals surface area (Å²) in [5.74, 6) is -1.26. The maximum Gasteiger partial charge on any atom is 0.416 e. The minimum absolute atomic E-state index is 0.0507. The molecule has 5 aromatic rings. The van der Waals surface area contributed by atoms with E-state index in [-0.39, 0.29) is 28.5 Å². The molecule has 2 aromatic heterocycles. The first-order chi connectivity index (χ1) is 24.0. The number of quaternary nitrogens is 1. The highest BCUT2D eigenvalue weighted by Crippen LogP contribution is 2.31. The fourth-order valence-electron chi connectivity index (χ4n) is 5.18. The second-order valence-electron chi connectivity index (χ2n) is 12.8. The van der Waals surface area contributed by atoms with Crippen LogP contribution in [0.15, 0.2) is 102 Å². The number of halogens is 3. The molecule has 11 nitrogen and oxygen atoms in total. The quantitative estimate of drug-likeness (QED) is 0.220. The molecule has 0 radical (unpaired) electrons. The molecule has 2 amide bonds. The van der Waals surface area contributed by atoms with Crippen molar-refractivity contribution >= 4 is 11.8 Å². The number of nitrogens with zero attached hydrogens (tertiary/aromatic N) is 7.